The van der Waals surface area contributed by atoms with E-state index in [4.69, 9.17) is 0 Å². The summed E-state index contributed by atoms with van der Waals surface area (Å²) in [5, 5.41) is 3.73. The van der Waals surface area contributed by atoms with Crippen LogP contribution in [0.25, 0.3) is 0 Å². The lowest BCUT2D eigenvalue weighted by Crippen LogP contribution is -2.15. The van der Waals surface area contributed by atoms with Crippen molar-refractivity contribution in [2.75, 3.05) is 6.54 Å². The quantitative estimate of drug-likeness (QED) is 0.840. The second-order valence-corrected chi connectivity index (χ2v) is 9.05. The molecule has 1 N–H and O–H groups in total. The highest BCUT2D eigenvalue weighted by Crippen LogP contribution is 2.42. The number of rotatable bonds is 7. The fourth-order valence-electron chi connectivity index (χ4n) is 1.86. The highest BCUT2D eigenvalue weighted by molar-refractivity contribution is 7.91. The molecule has 0 radical (unpaired) electrons. The minimum atomic E-state index is -3.05. The molecule has 0 atom stereocenters. The Morgan fingerprint density at radius 3 is 2.63 bits per heavy atom. The van der Waals surface area contributed by atoms with Crippen LogP contribution in [0.5, 0.6) is 0 Å². The fourth-order valence-corrected chi connectivity index (χ4v) is 4.25. The zero-order valence-corrected chi connectivity index (χ0v) is 13.4. The molecule has 1 aliphatic rings. The van der Waals surface area contributed by atoms with Gasteiger partial charge in [-0.2, -0.15) is 0 Å². The van der Waals surface area contributed by atoms with Crippen LogP contribution in [0, 0.1) is 0 Å². The molecule has 0 unspecified atom stereocenters. The number of nitrogens with one attached hydrogen (secondary N) is 1. The number of aromatic nitrogens is 1. The van der Waals surface area contributed by atoms with Gasteiger partial charge in [0.2, 0.25) is 0 Å². The van der Waals surface area contributed by atoms with Crippen LogP contribution in [0.1, 0.15) is 55.1 Å². The van der Waals surface area contributed by atoms with Crippen molar-refractivity contribution in [3.05, 3.63) is 15.6 Å². The van der Waals surface area contributed by atoms with E-state index in [1.54, 1.807) is 25.2 Å². The summed E-state index contributed by atoms with van der Waals surface area (Å²) >= 11 is 1.56. The summed E-state index contributed by atoms with van der Waals surface area (Å²) in [5.74, 6) is 0.654. The zero-order chi connectivity index (χ0) is 14.0. The number of thiazole rings is 1. The molecule has 1 aliphatic carbocycles. The lowest BCUT2D eigenvalue weighted by atomic mass is 10.2. The van der Waals surface area contributed by atoms with Gasteiger partial charge in [0.25, 0.3) is 0 Å². The van der Waals surface area contributed by atoms with Gasteiger partial charge >= 0.3 is 0 Å². The molecule has 0 aliphatic heterocycles. The van der Waals surface area contributed by atoms with E-state index in [0.29, 0.717) is 5.92 Å². The smallest absolute Gasteiger partial charge is 0.159 e. The Labute approximate surface area is 119 Å². The number of hydrogen-bond donors (Lipinski definition) is 1. The first-order chi connectivity index (χ1) is 8.94. The maximum Gasteiger partial charge on any atom is 0.159 e. The van der Waals surface area contributed by atoms with Crippen molar-refractivity contribution in [2.24, 2.45) is 0 Å². The average Bonchev–Trinajstić information content (AvgIpc) is 3.09. The largest absolute Gasteiger partial charge is 0.312 e. The minimum absolute atomic E-state index is 0.0845. The van der Waals surface area contributed by atoms with Crippen LogP contribution in [0.3, 0.4) is 0 Å². The van der Waals surface area contributed by atoms with Crippen LogP contribution in [0.4, 0.5) is 0 Å². The first kappa shape index (κ1) is 14.9. The van der Waals surface area contributed by atoms with E-state index in [2.05, 4.69) is 17.2 Å². The monoisotopic (exact) mass is 302 g/mol. The summed E-state index contributed by atoms with van der Waals surface area (Å²) in [7, 11) is -3.05. The van der Waals surface area contributed by atoms with E-state index in [9.17, 15) is 8.42 Å². The Morgan fingerprint density at radius 2 is 2.11 bits per heavy atom. The average molecular weight is 302 g/mol. The Morgan fingerprint density at radius 1 is 1.42 bits per heavy atom. The summed E-state index contributed by atoms with van der Waals surface area (Å²) in [6.07, 6.45) is 2.39. The van der Waals surface area contributed by atoms with E-state index >= 15 is 0 Å². The molecule has 4 nitrogen and oxygen atoms in total. The molecule has 0 aromatic carbocycles. The van der Waals surface area contributed by atoms with E-state index in [1.165, 1.54) is 17.7 Å². The Hall–Kier alpha value is -0.460. The topological polar surface area (TPSA) is 59.1 Å². The third kappa shape index (κ3) is 3.77. The third-order valence-corrected chi connectivity index (χ3v) is 6.68. The molecule has 2 rings (SSSR count). The Kier molecular flexibility index (Phi) is 4.63. The standard InChI is InChI=1S/C13H22N2O2S2/c1-4-14-7-11-13(10-5-6-10)15-12(18-11)8-19(16,17)9(2)3/h9-10,14H,4-8H2,1-3H3. The van der Waals surface area contributed by atoms with E-state index in [-0.39, 0.29) is 11.0 Å². The summed E-state index contributed by atoms with van der Waals surface area (Å²) in [6, 6.07) is 0. The second kappa shape index (κ2) is 5.89. The molecule has 0 saturated heterocycles. The van der Waals surface area contributed by atoms with Crippen LogP contribution in [0.15, 0.2) is 0 Å². The summed E-state index contributed by atoms with van der Waals surface area (Å²) in [4.78, 5) is 5.81. The summed E-state index contributed by atoms with van der Waals surface area (Å²) in [5.41, 5.74) is 1.14. The van der Waals surface area contributed by atoms with Gasteiger partial charge in [0, 0.05) is 17.3 Å². The molecular weight excluding hydrogens is 280 g/mol. The SMILES string of the molecule is CCNCc1sc(CS(=O)(=O)C(C)C)nc1C1CC1. The van der Waals surface area contributed by atoms with Gasteiger partial charge in [-0.15, -0.1) is 11.3 Å². The molecule has 1 fully saturated rings. The fraction of sp³-hybridized carbons (Fsp3) is 0.769. The first-order valence-electron chi connectivity index (χ1n) is 6.84. The van der Waals surface area contributed by atoms with Crippen molar-refractivity contribution in [3.63, 3.8) is 0 Å². The van der Waals surface area contributed by atoms with Crippen molar-refractivity contribution in [3.8, 4) is 0 Å². The first-order valence-corrected chi connectivity index (χ1v) is 9.38. The van der Waals surface area contributed by atoms with Gasteiger partial charge in [-0.1, -0.05) is 6.92 Å². The lowest BCUT2D eigenvalue weighted by molar-refractivity contribution is 0.586. The predicted molar refractivity (Wildman–Crippen MR) is 79.2 cm³/mol. The molecule has 1 aromatic rings. The molecule has 108 valence electrons. The van der Waals surface area contributed by atoms with Crippen molar-refractivity contribution in [1.29, 1.82) is 0 Å². The molecule has 0 amide bonds. The summed E-state index contributed by atoms with van der Waals surface area (Å²) < 4.78 is 23.9. The highest BCUT2D eigenvalue weighted by atomic mass is 32.2. The molecule has 1 saturated carbocycles. The molecule has 1 aromatic heterocycles. The number of sulfone groups is 1. The van der Waals surface area contributed by atoms with Gasteiger partial charge in [0.05, 0.1) is 10.9 Å². The molecular formula is C13H22N2O2S2. The summed E-state index contributed by atoms with van der Waals surface area (Å²) in [6.45, 7) is 7.25. The van der Waals surface area contributed by atoms with E-state index in [0.717, 1.165) is 23.8 Å². The van der Waals surface area contributed by atoms with Crippen molar-refractivity contribution >= 4 is 21.2 Å². The number of nitrogens with zero attached hydrogens (tertiary/aromatic N) is 1. The third-order valence-electron chi connectivity index (χ3n) is 3.31. The molecule has 6 heteroatoms. The van der Waals surface area contributed by atoms with Gasteiger partial charge in [0.15, 0.2) is 9.84 Å². The van der Waals surface area contributed by atoms with Crippen LogP contribution >= 0.6 is 11.3 Å². The highest BCUT2D eigenvalue weighted by Gasteiger charge is 2.30. The maximum absolute atomic E-state index is 12.0. The molecule has 0 spiro atoms. The molecule has 19 heavy (non-hydrogen) atoms. The van der Waals surface area contributed by atoms with Crippen LogP contribution in [0.2, 0.25) is 0 Å². The van der Waals surface area contributed by atoms with Gasteiger partial charge < -0.3 is 5.32 Å². The van der Waals surface area contributed by atoms with Gasteiger partial charge in [-0.05, 0) is 33.2 Å². The molecule has 1 heterocycles. The molecule has 0 bridgehead atoms. The van der Waals surface area contributed by atoms with E-state index < -0.39 is 9.84 Å². The second-order valence-electron chi connectivity index (χ2n) is 5.33. The Bertz CT molecular complexity index is 531. The lowest BCUT2D eigenvalue weighted by Gasteiger charge is -2.04. The van der Waals surface area contributed by atoms with Gasteiger partial charge in [-0.25, -0.2) is 13.4 Å². The maximum atomic E-state index is 12.0. The predicted octanol–water partition coefficient (Wildman–Crippen LogP) is 2.45. The van der Waals surface area contributed by atoms with Crippen LogP contribution in [-0.2, 0) is 22.1 Å². The zero-order valence-electron chi connectivity index (χ0n) is 11.8. The van der Waals surface area contributed by atoms with E-state index in [1.807, 2.05) is 0 Å². The van der Waals surface area contributed by atoms with Gasteiger partial charge in [0.1, 0.15) is 10.8 Å². The number of hydrogen-bond acceptors (Lipinski definition) is 5. The minimum Gasteiger partial charge on any atom is -0.312 e. The van der Waals surface area contributed by atoms with Crippen molar-refractivity contribution in [2.45, 2.75) is 57.1 Å². The van der Waals surface area contributed by atoms with Crippen LogP contribution < -0.4 is 5.32 Å². The normalized spacial score (nSPS) is 16.2. The van der Waals surface area contributed by atoms with Gasteiger partial charge in [-0.3, -0.25) is 0 Å². The van der Waals surface area contributed by atoms with Crippen LogP contribution in [-0.4, -0.2) is 25.2 Å². The van der Waals surface area contributed by atoms with Crippen molar-refractivity contribution < 1.29 is 8.42 Å². The van der Waals surface area contributed by atoms with Crippen molar-refractivity contribution in [1.82, 2.24) is 10.3 Å². The Balaban J connectivity index is 2.18.